The number of fused-ring (bicyclic) bond motifs is 1. The Bertz CT molecular complexity index is 514. The molecular weight excluding hydrogens is 220 g/mol. The fourth-order valence-corrected chi connectivity index (χ4v) is 2.73. The van der Waals surface area contributed by atoms with E-state index in [9.17, 15) is 0 Å². The number of aromatic nitrogens is 1. The zero-order valence-corrected chi connectivity index (χ0v) is 10.5. The Morgan fingerprint density at radius 2 is 2.12 bits per heavy atom. The molecule has 0 aliphatic rings. The van der Waals surface area contributed by atoms with Crippen molar-refractivity contribution in [2.24, 2.45) is 12.8 Å². The average Bonchev–Trinajstić information content (AvgIpc) is 2.54. The predicted octanol–water partition coefficient (Wildman–Crippen LogP) is 2.90. The summed E-state index contributed by atoms with van der Waals surface area (Å²) in [5.41, 5.74) is 9.54. The third-order valence-corrected chi connectivity index (χ3v) is 3.45. The zero-order valence-electron chi connectivity index (χ0n) is 9.76. The number of nitrogens with zero attached hydrogens (tertiary/aromatic N) is 1. The van der Waals surface area contributed by atoms with E-state index in [1.54, 1.807) is 0 Å². The van der Waals surface area contributed by atoms with Crippen LogP contribution >= 0.6 is 11.6 Å². The van der Waals surface area contributed by atoms with Crippen LogP contribution < -0.4 is 5.73 Å². The van der Waals surface area contributed by atoms with Gasteiger partial charge in [0.2, 0.25) is 0 Å². The number of benzene rings is 1. The van der Waals surface area contributed by atoms with Crippen LogP contribution in [0, 0.1) is 0 Å². The first kappa shape index (κ1) is 11.5. The van der Waals surface area contributed by atoms with Gasteiger partial charge in [0.25, 0.3) is 0 Å². The first-order valence-corrected chi connectivity index (χ1v) is 6.03. The van der Waals surface area contributed by atoms with Gasteiger partial charge >= 0.3 is 0 Å². The van der Waals surface area contributed by atoms with E-state index in [4.69, 9.17) is 17.3 Å². The molecule has 2 rings (SSSR count). The van der Waals surface area contributed by atoms with E-state index < -0.39 is 0 Å². The summed E-state index contributed by atoms with van der Waals surface area (Å²) in [5.74, 6) is 0. The predicted molar refractivity (Wildman–Crippen MR) is 70.1 cm³/mol. The van der Waals surface area contributed by atoms with Crippen molar-refractivity contribution in [1.29, 1.82) is 0 Å². The number of hydrogen-bond acceptors (Lipinski definition) is 1. The topological polar surface area (TPSA) is 30.9 Å². The molecule has 2 nitrogen and oxygen atoms in total. The summed E-state index contributed by atoms with van der Waals surface area (Å²) < 4.78 is 2.23. The summed E-state index contributed by atoms with van der Waals surface area (Å²) in [6.07, 6.45) is 1.90. The molecule has 0 amide bonds. The van der Waals surface area contributed by atoms with Crippen LogP contribution in [0.5, 0.6) is 0 Å². The normalized spacial score (nSPS) is 11.2. The molecule has 86 valence electrons. The second-order valence-corrected chi connectivity index (χ2v) is 4.42. The van der Waals surface area contributed by atoms with Gasteiger partial charge in [-0.25, -0.2) is 0 Å². The van der Waals surface area contributed by atoms with E-state index in [0.29, 0.717) is 6.54 Å². The Balaban J connectivity index is 2.81. The van der Waals surface area contributed by atoms with Gasteiger partial charge in [-0.15, -0.1) is 0 Å². The molecule has 16 heavy (non-hydrogen) atoms. The van der Waals surface area contributed by atoms with Crippen LogP contribution in [0.1, 0.15) is 18.2 Å². The van der Waals surface area contributed by atoms with Crippen LogP contribution in [-0.4, -0.2) is 11.1 Å². The lowest BCUT2D eigenvalue weighted by Gasteiger charge is -2.03. The molecule has 0 fully saturated rings. The Morgan fingerprint density at radius 1 is 1.38 bits per heavy atom. The van der Waals surface area contributed by atoms with Crippen molar-refractivity contribution in [2.75, 3.05) is 6.54 Å². The lowest BCUT2D eigenvalue weighted by molar-refractivity contribution is 0.835. The zero-order chi connectivity index (χ0) is 11.7. The number of rotatable bonds is 3. The maximum atomic E-state index is 6.29. The van der Waals surface area contributed by atoms with Gasteiger partial charge in [0.05, 0.1) is 5.02 Å². The Labute approximate surface area is 101 Å². The summed E-state index contributed by atoms with van der Waals surface area (Å²) in [6, 6.07) is 6.06. The van der Waals surface area contributed by atoms with E-state index in [1.165, 1.54) is 22.2 Å². The second kappa shape index (κ2) is 4.48. The Kier molecular flexibility index (Phi) is 3.22. The molecule has 2 N–H and O–H groups in total. The molecule has 0 atom stereocenters. The van der Waals surface area contributed by atoms with Crippen molar-refractivity contribution >= 4 is 22.5 Å². The molecule has 2 aromatic rings. The van der Waals surface area contributed by atoms with Gasteiger partial charge < -0.3 is 10.3 Å². The largest absolute Gasteiger partial charge is 0.347 e. The number of nitrogens with two attached hydrogens (primary N) is 1. The molecule has 0 aliphatic heterocycles. The molecule has 0 saturated carbocycles. The molecule has 0 aliphatic carbocycles. The standard InChI is InChI=1S/C13H17ClN2/c1-3-11-9(7-8-15)13-10(14)5-4-6-12(13)16(11)2/h4-6H,3,7-8,15H2,1-2H3. The minimum absolute atomic E-state index is 0.664. The Hall–Kier alpha value is -0.990. The van der Waals surface area contributed by atoms with Crippen LogP contribution in [0.25, 0.3) is 10.9 Å². The fraction of sp³-hybridized carbons (Fsp3) is 0.385. The summed E-state index contributed by atoms with van der Waals surface area (Å²) in [7, 11) is 2.09. The summed E-state index contributed by atoms with van der Waals surface area (Å²) in [5, 5.41) is 2.00. The van der Waals surface area contributed by atoms with Crippen LogP contribution in [0.2, 0.25) is 5.02 Å². The molecule has 0 unspecified atom stereocenters. The van der Waals surface area contributed by atoms with Crippen LogP contribution in [0.4, 0.5) is 0 Å². The van der Waals surface area contributed by atoms with Crippen molar-refractivity contribution in [3.8, 4) is 0 Å². The van der Waals surface area contributed by atoms with Gasteiger partial charge in [0.1, 0.15) is 0 Å². The molecule has 1 heterocycles. The maximum absolute atomic E-state index is 6.29. The van der Waals surface area contributed by atoms with Crippen molar-refractivity contribution in [3.63, 3.8) is 0 Å². The van der Waals surface area contributed by atoms with Gasteiger partial charge in [0.15, 0.2) is 0 Å². The average molecular weight is 237 g/mol. The van der Waals surface area contributed by atoms with Crippen molar-refractivity contribution in [2.45, 2.75) is 19.8 Å². The van der Waals surface area contributed by atoms with E-state index in [1.807, 2.05) is 12.1 Å². The molecule has 0 bridgehead atoms. The van der Waals surface area contributed by atoms with E-state index in [2.05, 4.69) is 24.6 Å². The summed E-state index contributed by atoms with van der Waals surface area (Å²) in [4.78, 5) is 0. The number of aryl methyl sites for hydroxylation is 1. The molecular formula is C13H17ClN2. The van der Waals surface area contributed by atoms with Crippen LogP contribution in [0.3, 0.4) is 0 Å². The minimum Gasteiger partial charge on any atom is -0.347 e. The third-order valence-electron chi connectivity index (χ3n) is 3.14. The lowest BCUT2D eigenvalue weighted by atomic mass is 10.1. The highest BCUT2D eigenvalue weighted by Crippen LogP contribution is 2.31. The van der Waals surface area contributed by atoms with E-state index >= 15 is 0 Å². The smallest absolute Gasteiger partial charge is 0.0502 e. The number of hydrogen-bond donors (Lipinski definition) is 1. The first-order chi connectivity index (χ1) is 7.70. The van der Waals surface area contributed by atoms with Crippen molar-refractivity contribution < 1.29 is 0 Å². The van der Waals surface area contributed by atoms with E-state index in [-0.39, 0.29) is 0 Å². The van der Waals surface area contributed by atoms with Gasteiger partial charge in [0, 0.05) is 23.6 Å². The Morgan fingerprint density at radius 3 is 2.75 bits per heavy atom. The van der Waals surface area contributed by atoms with Gasteiger partial charge in [-0.1, -0.05) is 24.6 Å². The van der Waals surface area contributed by atoms with Gasteiger partial charge in [-0.3, -0.25) is 0 Å². The SMILES string of the molecule is CCc1c(CCN)c2c(Cl)cccc2n1C. The molecule has 0 radical (unpaired) electrons. The highest BCUT2D eigenvalue weighted by atomic mass is 35.5. The minimum atomic E-state index is 0.664. The highest BCUT2D eigenvalue weighted by Gasteiger charge is 2.14. The summed E-state index contributed by atoms with van der Waals surface area (Å²) in [6.45, 7) is 2.83. The molecule has 0 spiro atoms. The second-order valence-electron chi connectivity index (χ2n) is 4.01. The molecule has 1 aromatic carbocycles. The van der Waals surface area contributed by atoms with Crippen LogP contribution in [-0.2, 0) is 19.9 Å². The van der Waals surface area contributed by atoms with E-state index in [0.717, 1.165) is 17.9 Å². The van der Waals surface area contributed by atoms with Gasteiger partial charge in [-0.2, -0.15) is 0 Å². The van der Waals surface area contributed by atoms with Crippen molar-refractivity contribution in [1.82, 2.24) is 4.57 Å². The lowest BCUT2D eigenvalue weighted by Crippen LogP contribution is -2.05. The maximum Gasteiger partial charge on any atom is 0.0502 e. The summed E-state index contributed by atoms with van der Waals surface area (Å²) >= 11 is 6.29. The van der Waals surface area contributed by atoms with Crippen molar-refractivity contribution in [3.05, 3.63) is 34.5 Å². The fourth-order valence-electron chi connectivity index (χ4n) is 2.45. The third kappa shape index (κ3) is 1.62. The monoisotopic (exact) mass is 236 g/mol. The van der Waals surface area contributed by atoms with Gasteiger partial charge in [-0.05, 0) is 37.1 Å². The quantitative estimate of drug-likeness (QED) is 0.873. The number of halogens is 1. The molecule has 0 saturated heterocycles. The van der Waals surface area contributed by atoms with Crippen LogP contribution in [0.15, 0.2) is 18.2 Å². The molecule has 1 aromatic heterocycles. The first-order valence-electron chi connectivity index (χ1n) is 5.65. The molecule has 3 heteroatoms. The highest BCUT2D eigenvalue weighted by molar-refractivity contribution is 6.35.